The van der Waals surface area contributed by atoms with Gasteiger partial charge in [-0.2, -0.15) is 13.1 Å². The Balaban J connectivity index is 1.95. The molecule has 5 N–H and O–H groups in total. The van der Waals surface area contributed by atoms with Crippen molar-refractivity contribution < 1.29 is 40.2 Å². The highest BCUT2D eigenvalue weighted by molar-refractivity contribution is 14.1. The van der Waals surface area contributed by atoms with Crippen LogP contribution >= 0.6 is 22.6 Å². The standard InChI is InChI=1S/C25H26F4IN5O5S/c1-25(2,24(39-3)40-4)35-41(37,38)34-23-19(28)12(7-8-32-23)9-13-10-15(22(31)36)21(20(29)18(13)27)33-17-6-5-14(30)11-16(17)26/h5-8,10-11,24,33,35H,9H2,1-4H3,(H2,31,36)(H,32,34). The van der Waals surface area contributed by atoms with Crippen molar-refractivity contribution in [1.29, 1.82) is 0 Å². The van der Waals surface area contributed by atoms with Crippen LogP contribution in [0.5, 0.6) is 0 Å². The van der Waals surface area contributed by atoms with Gasteiger partial charge in [-0.25, -0.2) is 22.5 Å². The van der Waals surface area contributed by atoms with Crippen molar-refractivity contribution in [2.24, 2.45) is 5.73 Å². The summed E-state index contributed by atoms with van der Waals surface area (Å²) in [5, 5.41) is 2.35. The summed E-state index contributed by atoms with van der Waals surface area (Å²) < 4.78 is 100. The summed E-state index contributed by atoms with van der Waals surface area (Å²) in [6.07, 6.45) is -0.577. The third-order valence-electron chi connectivity index (χ3n) is 5.73. The number of benzene rings is 2. The molecule has 1 aromatic heterocycles. The molecule has 0 saturated carbocycles. The van der Waals surface area contributed by atoms with E-state index >= 15 is 13.2 Å². The first-order valence-corrected chi connectivity index (χ1v) is 14.2. The van der Waals surface area contributed by atoms with E-state index in [9.17, 15) is 17.6 Å². The van der Waals surface area contributed by atoms with Crippen molar-refractivity contribution in [3.63, 3.8) is 0 Å². The molecule has 0 saturated heterocycles. The maximum atomic E-state index is 15.3. The molecule has 1 heterocycles. The van der Waals surface area contributed by atoms with Crippen LogP contribution < -0.4 is 20.5 Å². The van der Waals surface area contributed by atoms with Crippen LogP contribution in [-0.4, -0.2) is 45.4 Å². The SMILES string of the molecule is COC(OC)C(C)(C)NS(=O)(=O)Nc1nccc(Cc2cc(C(N)=O)c(Nc3ccc(I)cc3F)c(F)c2F)c1F. The maximum Gasteiger partial charge on any atom is 0.301 e. The zero-order chi connectivity index (χ0) is 30.7. The molecule has 16 heteroatoms. The fourth-order valence-electron chi connectivity index (χ4n) is 3.98. The third-order valence-corrected chi connectivity index (χ3v) is 7.66. The average Bonchev–Trinajstić information content (AvgIpc) is 2.86. The second-order valence-corrected chi connectivity index (χ2v) is 11.9. The molecule has 0 spiro atoms. The fourth-order valence-corrected chi connectivity index (χ4v) is 5.67. The average molecular weight is 711 g/mol. The smallest absolute Gasteiger partial charge is 0.301 e. The van der Waals surface area contributed by atoms with Gasteiger partial charge in [0.15, 0.2) is 29.6 Å². The van der Waals surface area contributed by atoms with Crippen LogP contribution in [0, 0.1) is 26.8 Å². The van der Waals surface area contributed by atoms with E-state index in [2.05, 4.69) is 15.0 Å². The summed E-state index contributed by atoms with van der Waals surface area (Å²) in [7, 11) is -1.84. The van der Waals surface area contributed by atoms with Gasteiger partial charge >= 0.3 is 10.2 Å². The van der Waals surface area contributed by atoms with Gasteiger partial charge in [-0.1, -0.05) is 0 Å². The number of carbonyl (C=O) groups excluding carboxylic acids is 1. The van der Waals surface area contributed by atoms with Gasteiger partial charge in [0, 0.05) is 30.4 Å². The monoisotopic (exact) mass is 711 g/mol. The van der Waals surface area contributed by atoms with Crippen LogP contribution in [0.1, 0.15) is 35.3 Å². The van der Waals surface area contributed by atoms with E-state index in [-0.39, 0.29) is 11.3 Å². The van der Waals surface area contributed by atoms with Crippen LogP contribution in [0.3, 0.4) is 0 Å². The number of methoxy groups -OCH3 is 2. The van der Waals surface area contributed by atoms with Gasteiger partial charge in [0.05, 0.1) is 22.5 Å². The molecule has 2 aromatic carbocycles. The Bertz CT molecular complexity index is 1570. The molecule has 0 radical (unpaired) electrons. The van der Waals surface area contributed by atoms with E-state index in [4.69, 9.17) is 15.2 Å². The van der Waals surface area contributed by atoms with Gasteiger partial charge in [-0.15, -0.1) is 0 Å². The summed E-state index contributed by atoms with van der Waals surface area (Å²) in [4.78, 5) is 15.8. The zero-order valence-electron chi connectivity index (χ0n) is 22.1. The molecule has 0 bridgehead atoms. The minimum Gasteiger partial charge on any atom is -0.366 e. The molecule has 0 fully saturated rings. The van der Waals surface area contributed by atoms with Gasteiger partial charge in [0.1, 0.15) is 5.82 Å². The summed E-state index contributed by atoms with van der Waals surface area (Å²) in [6.45, 7) is 2.92. The number of nitrogens with one attached hydrogen (secondary N) is 3. The molecular weight excluding hydrogens is 685 g/mol. The first-order valence-electron chi connectivity index (χ1n) is 11.6. The number of pyridine rings is 1. The largest absolute Gasteiger partial charge is 0.366 e. The number of primary amides is 1. The number of halogens is 5. The topological polar surface area (TPSA) is 145 Å². The number of hydrogen-bond donors (Lipinski definition) is 4. The number of carbonyl (C=O) groups is 1. The van der Waals surface area contributed by atoms with Gasteiger partial charge < -0.3 is 20.5 Å². The number of ether oxygens (including phenoxy) is 2. The number of rotatable bonds is 12. The number of aromatic nitrogens is 1. The quantitative estimate of drug-likeness (QED) is 0.125. The van der Waals surface area contributed by atoms with Crippen molar-refractivity contribution in [2.45, 2.75) is 32.1 Å². The Morgan fingerprint density at radius 3 is 2.29 bits per heavy atom. The van der Waals surface area contributed by atoms with Crippen LogP contribution in [0.2, 0.25) is 0 Å². The lowest BCUT2D eigenvalue weighted by Gasteiger charge is -2.32. The maximum absolute atomic E-state index is 15.3. The van der Waals surface area contributed by atoms with Gasteiger partial charge in [-0.3, -0.25) is 9.52 Å². The van der Waals surface area contributed by atoms with Crippen molar-refractivity contribution >= 4 is 55.9 Å². The fraction of sp³-hybridized carbons (Fsp3) is 0.280. The van der Waals surface area contributed by atoms with Crippen LogP contribution in [-0.2, 0) is 26.1 Å². The lowest BCUT2D eigenvalue weighted by atomic mass is 10.00. The van der Waals surface area contributed by atoms with E-state index in [0.29, 0.717) is 3.57 Å². The van der Waals surface area contributed by atoms with E-state index < -0.39 is 80.3 Å². The number of nitrogens with two attached hydrogens (primary N) is 1. The predicted octanol–water partition coefficient (Wildman–Crippen LogP) is 4.32. The number of anilines is 3. The lowest BCUT2D eigenvalue weighted by Crippen LogP contribution is -2.55. The predicted molar refractivity (Wildman–Crippen MR) is 152 cm³/mol. The number of amides is 1. The second-order valence-electron chi connectivity index (χ2n) is 9.24. The molecule has 0 aliphatic heterocycles. The first-order chi connectivity index (χ1) is 19.1. The Labute approximate surface area is 247 Å². The first kappa shape index (κ1) is 32.5. The highest BCUT2D eigenvalue weighted by Crippen LogP contribution is 2.32. The van der Waals surface area contributed by atoms with Gasteiger partial charge in [-0.05, 0) is 77.9 Å². The molecule has 10 nitrogen and oxygen atoms in total. The third kappa shape index (κ3) is 7.62. The van der Waals surface area contributed by atoms with Crippen molar-refractivity contribution in [3.8, 4) is 0 Å². The summed E-state index contributed by atoms with van der Waals surface area (Å²) in [6, 6.07) is 5.92. The molecule has 41 heavy (non-hydrogen) atoms. The minimum atomic E-state index is -4.44. The Kier molecular flexibility index (Phi) is 10.2. The zero-order valence-corrected chi connectivity index (χ0v) is 25.1. The van der Waals surface area contributed by atoms with Crippen molar-refractivity contribution in [3.05, 3.63) is 80.1 Å². The molecule has 0 aliphatic rings. The Hall–Kier alpha value is -3.06. The van der Waals surface area contributed by atoms with Crippen molar-refractivity contribution in [1.82, 2.24) is 9.71 Å². The van der Waals surface area contributed by atoms with E-state index in [0.717, 1.165) is 24.4 Å². The normalized spacial score (nSPS) is 12.0. The van der Waals surface area contributed by atoms with Crippen LogP contribution in [0.25, 0.3) is 0 Å². The Morgan fingerprint density at radius 1 is 1.05 bits per heavy atom. The highest BCUT2D eigenvalue weighted by Gasteiger charge is 2.35. The van der Waals surface area contributed by atoms with E-state index in [1.165, 1.54) is 40.2 Å². The van der Waals surface area contributed by atoms with Gasteiger partial charge in [0.25, 0.3) is 5.91 Å². The molecule has 0 unspecified atom stereocenters. The molecule has 3 rings (SSSR count). The minimum absolute atomic E-state index is 0.241. The molecule has 1 amide bonds. The molecule has 222 valence electrons. The van der Waals surface area contributed by atoms with Crippen LogP contribution in [0.4, 0.5) is 34.8 Å². The van der Waals surface area contributed by atoms with E-state index in [1.54, 1.807) is 0 Å². The molecular formula is C25H26F4IN5O5S. The second kappa shape index (κ2) is 12.8. The summed E-state index contributed by atoms with van der Waals surface area (Å²) in [5.41, 5.74) is 1.84. The molecule has 3 aromatic rings. The van der Waals surface area contributed by atoms with Gasteiger partial charge in [0.2, 0.25) is 0 Å². The summed E-state index contributed by atoms with van der Waals surface area (Å²) in [5.74, 6) is -6.89. The highest BCUT2D eigenvalue weighted by atomic mass is 127. The Morgan fingerprint density at radius 2 is 1.71 bits per heavy atom. The number of hydrogen-bond acceptors (Lipinski definition) is 7. The lowest BCUT2D eigenvalue weighted by molar-refractivity contribution is -0.141. The van der Waals surface area contributed by atoms with E-state index in [1.807, 2.05) is 27.3 Å². The van der Waals surface area contributed by atoms with Crippen molar-refractivity contribution in [2.75, 3.05) is 24.3 Å². The summed E-state index contributed by atoms with van der Waals surface area (Å²) >= 11 is 1.86. The van der Waals surface area contributed by atoms with Crippen LogP contribution in [0.15, 0.2) is 36.5 Å². The molecule has 0 aliphatic carbocycles. The number of nitrogens with zero attached hydrogens (tertiary/aromatic N) is 1. The molecule has 0 atom stereocenters.